The Kier molecular flexibility index (Phi) is 4.01. The Bertz CT molecular complexity index is 354. The van der Waals surface area contributed by atoms with Crippen molar-refractivity contribution in [1.29, 1.82) is 0 Å². The summed E-state index contributed by atoms with van der Waals surface area (Å²) in [6.45, 7) is 1.55. The van der Waals surface area contributed by atoms with Crippen molar-refractivity contribution in [3.8, 4) is 0 Å². The maximum Gasteiger partial charge on any atom is 0.147 e. The minimum absolute atomic E-state index is 0.0648. The van der Waals surface area contributed by atoms with Gasteiger partial charge in [0.15, 0.2) is 0 Å². The Morgan fingerprint density at radius 1 is 1.57 bits per heavy atom. The molecule has 4 heteroatoms. The van der Waals surface area contributed by atoms with Gasteiger partial charge < -0.3 is 5.73 Å². The molecule has 0 heterocycles. The summed E-state index contributed by atoms with van der Waals surface area (Å²) in [6, 6.07) is 5.72. The van der Waals surface area contributed by atoms with Gasteiger partial charge in [0, 0.05) is 10.6 Å². The number of hydrogen-bond acceptors (Lipinski definition) is 3. The first-order valence-electron chi connectivity index (χ1n) is 4.14. The van der Waals surface area contributed by atoms with Crippen molar-refractivity contribution in [2.45, 2.75) is 16.6 Å². The first-order chi connectivity index (χ1) is 6.56. The Balaban J connectivity index is 3.11. The molecule has 0 aromatic heterocycles. The lowest BCUT2D eigenvalue weighted by Crippen LogP contribution is -2.04. The number of ketones is 1. The quantitative estimate of drug-likeness (QED) is 0.523. The summed E-state index contributed by atoms with van der Waals surface area (Å²) in [4.78, 5) is 12.0. The van der Waals surface area contributed by atoms with Crippen LogP contribution in [0.3, 0.4) is 0 Å². The van der Waals surface area contributed by atoms with E-state index in [4.69, 9.17) is 5.73 Å². The molecule has 0 aliphatic heterocycles. The van der Waals surface area contributed by atoms with Crippen LogP contribution in [0.25, 0.3) is 0 Å². The van der Waals surface area contributed by atoms with E-state index in [1.54, 1.807) is 18.7 Å². The van der Waals surface area contributed by atoms with Gasteiger partial charge in [-0.2, -0.15) is 0 Å². The van der Waals surface area contributed by atoms with E-state index in [0.717, 1.165) is 10.5 Å². The van der Waals surface area contributed by atoms with Crippen LogP contribution >= 0.6 is 27.7 Å². The molecule has 0 aliphatic carbocycles. The van der Waals surface area contributed by atoms with Crippen LogP contribution in [-0.4, -0.2) is 12.0 Å². The number of carbonyl (C=O) groups is 1. The number of halogens is 1. The average molecular weight is 274 g/mol. The van der Waals surface area contributed by atoms with Gasteiger partial charge >= 0.3 is 0 Å². The highest BCUT2D eigenvalue weighted by atomic mass is 79.9. The third-order valence-electron chi connectivity index (χ3n) is 1.92. The van der Waals surface area contributed by atoms with E-state index in [0.29, 0.717) is 5.69 Å². The lowest BCUT2D eigenvalue weighted by atomic mass is 10.1. The number of hydrogen-bond donors (Lipinski definition) is 1. The van der Waals surface area contributed by atoms with Gasteiger partial charge in [-0.25, -0.2) is 0 Å². The molecule has 0 bridgehead atoms. The number of alkyl halides is 1. The van der Waals surface area contributed by atoms with Crippen LogP contribution in [0.15, 0.2) is 23.1 Å². The minimum Gasteiger partial charge on any atom is -0.398 e. The molecule has 2 nitrogen and oxygen atoms in total. The highest BCUT2D eigenvalue weighted by molar-refractivity contribution is 9.09. The average Bonchev–Trinajstić information content (AvgIpc) is 2.17. The SMILES string of the molecule is CSc1ccc(N)c(C(Br)C(C)=O)c1. The van der Waals surface area contributed by atoms with Crippen molar-refractivity contribution in [3.63, 3.8) is 0 Å². The molecular formula is C10H12BrNOS. The fraction of sp³-hybridized carbons (Fsp3) is 0.300. The van der Waals surface area contributed by atoms with E-state index in [1.807, 2.05) is 24.5 Å². The van der Waals surface area contributed by atoms with E-state index >= 15 is 0 Å². The summed E-state index contributed by atoms with van der Waals surface area (Å²) >= 11 is 4.96. The number of nitrogens with two attached hydrogens (primary N) is 1. The molecule has 1 atom stereocenters. The predicted octanol–water partition coefficient (Wildman–Crippen LogP) is 3.02. The van der Waals surface area contributed by atoms with Crippen LogP contribution in [-0.2, 0) is 4.79 Å². The third-order valence-corrected chi connectivity index (χ3v) is 3.79. The topological polar surface area (TPSA) is 43.1 Å². The second kappa shape index (κ2) is 4.84. The van der Waals surface area contributed by atoms with Gasteiger partial charge in [-0.3, -0.25) is 4.79 Å². The zero-order valence-corrected chi connectivity index (χ0v) is 10.5. The van der Waals surface area contributed by atoms with Gasteiger partial charge in [0.1, 0.15) is 5.78 Å². The van der Waals surface area contributed by atoms with E-state index in [2.05, 4.69) is 15.9 Å². The molecule has 0 spiro atoms. The Morgan fingerprint density at radius 3 is 2.71 bits per heavy atom. The highest BCUT2D eigenvalue weighted by Crippen LogP contribution is 2.31. The monoisotopic (exact) mass is 273 g/mol. The zero-order chi connectivity index (χ0) is 10.7. The maximum atomic E-state index is 11.2. The van der Waals surface area contributed by atoms with Gasteiger partial charge in [0.05, 0.1) is 4.83 Å². The van der Waals surface area contributed by atoms with Crippen LogP contribution in [0.1, 0.15) is 17.3 Å². The number of carbonyl (C=O) groups excluding carboxylic acids is 1. The fourth-order valence-electron chi connectivity index (χ4n) is 1.12. The molecule has 1 unspecified atom stereocenters. The van der Waals surface area contributed by atoms with Crippen LogP contribution < -0.4 is 5.73 Å². The number of anilines is 1. The van der Waals surface area contributed by atoms with Crippen molar-refractivity contribution >= 4 is 39.2 Å². The summed E-state index contributed by atoms with van der Waals surface area (Å²) in [5.41, 5.74) is 7.30. The lowest BCUT2D eigenvalue weighted by Gasteiger charge is -2.10. The molecule has 0 saturated heterocycles. The Morgan fingerprint density at radius 2 is 2.21 bits per heavy atom. The van der Waals surface area contributed by atoms with Crippen molar-refractivity contribution in [1.82, 2.24) is 0 Å². The van der Waals surface area contributed by atoms with Crippen molar-refractivity contribution in [2.75, 3.05) is 12.0 Å². The molecule has 0 aliphatic rings. The van der Waals surface area contributed by atoms with Gasteiger partial charge in [0.25, 0.3) is 0 Å². The molecule has 1 aromatic carbocycles. The molecule has 0 radical (unpaired) electrons. The van der Waals surface area contributed by atoms with Gasteiger partial charge in [-0.05, 0) is 36.9 Å². The molecule has 0 saturated carbocycles. The van der Waals surface area contributed by atoms with Gasteiger partial charge in [-0.1, -0.05) is 15.9 Å². The molecule has 76 valence electrons. The van der Waals surface area contributed by atoms with Gasteiger partial charge in [0.2, 0.25) is 0 Å². The van der Waals surface area contributed by atoms with Crippen LogP contribution in [0.2, 0.25) is 0 Å². The maximum absolute atomic E-state index is 11.2. The third kappa shape index (κ3) is 2.51. The lowest BCUT2D eigenvalue weighted by molar-refractivity contribution is -0.116. The summed E-state index contributed by atoms with van der Waals surface area (Å²) in [7, 11) is 0. The highest BCUT2D eigenvalue weighted by Gasteiger charge is 2.15. The molecule has 1 rings (SSSR count). The van der Waals surface area contributed by atoms with E-state index in [1.165, 1.54) is 0 Å². The second-order valence-electron chi connectivity index (χ2n) is 2.97. The number of Topliss-reactive ketones (excluding diaryl/α,β-unsaturated/α-hetero) is 1. The zero-order valence-electron chi connectivity index (χ0n) is 8.08. The van der Waals surface area contributed by atoms with E-state index in [-0.39, 0.29) is 10.6 Å². The standard InChI is InChI=1S/C10H12BrNOS/c1-6(13)10(11)8-5-7(14-2)3-4-9(8)12/h3-5,10H,12H2,1-2H3. The first kappa shape index (κ1) is 11.6. The van der Waals surface area contributed by atoms with Crippen molar-refractivity contribution < 1.29 is 4.79 Å². The van der Waals surface area contributed by atoms with Crippen LogP contribution in [0.4, 0.5) is 5.69 Å². The van der Waals surface area contributed by atoms with Crippen molar-refractivity contribution in [2.24, 2.45) is 0 Å². The van der Waals surface area contributed by atoms with Crippen LogP contribution in [0, 0.1) is 0 Å². The minimum atomic E-state index is -0.297. The number of thioether (sulfide) groups is 1. The molecular weight excluding hydrogens is 262 g/mol. The molecule has 14 heavy (non-hydrogen) atoms. The normalized spacial score (nSPS) is 12.5. The number of rotatable bonds is 3. The van der Waals surface area contributed by atoms with E-state index < -0.39 is 0 Å². The van der Waals surface area contributed by atoms with E-state index in [9.17, 15) is 4.79 Å². The summed E-state index contributed by atoms with van der Waals surface area (Å²) in [6.07, 6.45) is 1.99. The largest absolute Gasteiger partial charge is 0.398 e. The van der Waals surface area contributed by atoms with Gasteiger partial charge in [-0.15, -0.1) is 11.8 Å². The smallest absolute Gasteiger partial charge is 0.147 e. The predicted molar refractivity (Wildman–Crippen MR) is 65.0 cm³/mol. The fourth-order valence-corrected chi connectivity index (χ4v) is 1.96. The van der Waals surface area contributed by atoms with Crippen molar-refractivity contribution in [3.05, 3.63) is 23.8 Å². The molecule has 0 amide bonds. The first-order valence-corrected chi connectivity index (χ1v) is 6.28. The summed E-state index contributed by atoms with van der Waals surface area (Å²) in [5, 5.41) is 0. The summed E-state index contributed by atoms with van der Waals surface area (Å²) in [5.74, 6) is 0.0648. The summed E-state index contributed by atoms with van der Waals surface area (Å²) < 4.78 is 0. The Hall–Kier alpha value is -0.480. The Labute approximate surface area is 96.4 Å². The number of benzene rings is 1. The van der Waals surface area contributed by atoms with Crippen LogP contribution in [0.5, 0.6) is 0 Å². The second-order valence-corrected chi connectivity index (χ2v) is 4.76. The molecule has 2 N–H and O–H groups in total. The molecule has 0 fully saturated rings. The molecule has 1 aromatic rings. The number of nitrogen functional groups attached to an aromatic ring is 1.